The highest BCUT2D eigenvalue weighted by atomic mass is 16.5. The van der Waals surface area contributed by atoms with Gasteiger partial charge in [0.15, 0.2) is 5.78 Å². The number of carbonyl (C=O) groups is 1. The summed E-state index contributed by atoms with van der Waals surface area (Å²) in [5.74, 6) is 0.637. The van der Waals surface area contributed by atoms with E-state index in [0.717, 1.165) is 16.5 Å². The molecule has 0 aliphatic heterocycles. The molecule has 0 saturated carbocycles. The van der Waals surface area contributed by atoms with Gasteiger partial charge in [-0.2, -0.15) is 0 Å². The Morgan fingerprint density at radius 3 is 2.76 bits per heavy atom. The first-order valence-electron chi connectivity index (χ1n) is 6.66. The van der Waals surface area contributed by atoms with Gasteiger partial charge in [0.05, 0.1) is 18.1 Å². The van der Waals surface area contributed by atoms with Crippen molar-refractivity contribution in [1.29, 1.82) is 0 Å². The lowest BCUT2D eigenvalue weighted by molar-refractivity contribution is 0.104. The molecule has 0 amide bonds. The van der Waals surface area contributed by atoms with Crippen molar-refractivity contribution in [2.24, 2.45) is 0 Å². The highest BCUT2D eigenvalue weighted by molar-refractivity contribution is 6.17. The summed E-state index contributed by atoms with van der Waals surface area (Å²) in [4.78, 5) is 15.9. The molecule has 3 rings (SSSR count). The van der Waals surface area contributed by atoms with E-state index in [1.807, 2.05) is 31.2 Å². The Morgan fingerprint density at radius 2 is 2.05 bits per heavy atom. The molecule has 0 aliphatic rings. The van der Waals surface area contributed by atoms with Crippen LogP contribution in [0, 0.1) is 6.92 Å². The Labute approximate surface area is 122 Å². The van der Waals surface area contributed by atoms with Crippen molar-refractivity contribution in [1.82, 2.24) is 4.98 Å². The van der Waals surface area contributed by atoms with Crippen molar-refractivity contribution in [2.75, 3.05) is 12.8 Å². The second-order valence-corrected chi connectivity index (χ2v) is 4.99. The highest BCUT2D eigenvalue weighted by Crippen LogP contribution is 2.30. The SMILES string of the molecule is COc1cccc2[nH]cc(C(=O)c3ccc(N)c(C)c3)c12. The number of aromatic amines is 1. The number of rotatable bonds is 3. The molecule has 2 aromatic carbocycles. The number of nitrogen functional groups attached to an aromatic ring is 1. The van der Waals surface area contributed by atoms with Gasteiger partial charge in [0.2, 0.25) is 0 Å². The standard InChI is InChI=1S/C17H16N2O2/c1-10-8-11(6-7-13(10)18)17(20)12-9-19-14-4-3-5-15(21-2)16(12)14/h3-9,19H,18H2,1-2H3. The van der Waals surface area contributed by atoms with Crippen LogP contribution in [0.5, 0.6) is 5.75 Å². The van der Waals surface area contributed by atoms with Gasteiger partial charge in [0.25, 0.3) is 0 Å². The number of hydrogen-bond donors (Lipinski definition) is 2. The summed E-state index contributed by atoms with van der Waals surface area (Å²) < 4.78 is 5.36. The zero-order chi connectivity index (χ0) is 15.0. The maximum absolute atomic E-state index is 12.7. The molecule has 4 heteroatoms. The average molecular weight is 280 g/mol. The maximum Gasteiger partial charge on any atom is 0.195 e. The van der Waals surface area contributed by atoms with Crippen molar-refractivity contribution in [3.05, 3.63) is 59.3 Å². The minimum absolute atomic E-state index is 0.0474. The van der Waals surface area contributed by atoms with Crippen LogP contribution in [-0.4, -0.2) is 17.9 Å². The van der Waals surface area contributed by atoms with Gasteiger partial charge in [-0.1, -0.05) is 6.07 Å². The number of aryl methyl sites for hydroxylation is 1. The molecule has 4 nitrogen and oxygen atoms in total. The monoisotopic (exact) mass is 280 g/mol. The van der Waals surface area contributed by atoms with Crippen LogP contribution in [0.3, 0.4) is 0 Å². The highest BCUT2D eigenvalue weighted by Gasteiger charge is 2.17. The number of ketones is 1. The Hall–Kier alpha value is -2.75. The minimum Gasteiger partial charge on any atom is -0.496 e. The van der Waals surface area contributed by atoms with Crippen LogP contribution in [0.1, 0.15) is 21.5 Å². The lowest BCUT2D eigenvalue weighted by Crippen LogP contribution is -2.02. The van der Waals surface area contributed by atoms with Crippen LogP contribution < -0.4 is 10.5 Å². The van der Waals surface area contributed by atoms with Gasteiger partial charge >= 0.3 is 0 Å². The van der Waals surface area contributed by atoms with Crippen molar-refractivity contribution in [3.63, 3.8) is 0 Å². The Bertz CT molecular complexity index is 834. The topological polar surface area (TPSA) is 68.1 Å². The number of nitrogens with two attached hydrogens (primary N) is 1. The molecule has 1 heterocycles. The van der Waals surface area contributed by atoms with Crippen LogP contribution in [0.4, 0.5) is 5.69 Å². The Balaban J connectivity index is 2.15. The first-order valence-corrected chi connectivity index (χ1v) is 6.66. The van der Waals surface area contributed by atoms with Crippen molar-refractivity contribution >= 4 is 22.4 Å². The summed E-state index contributed by atoms with van der Waals surface area (Å²) in [6, 6.07) is 11.0. The summed E-state index contributed by atoms with van der Waals surface area (Å²) in [5.41, 5.74) is 9.49. The minimum atomic E-state index is -0.0474. The van der Waals surface area contributed by atoms with Crippen LogP contribution in [0.25, 0.3) is 10.9 Å². The maximum atomic E-state index is 12.7. The summed E-state index contributed by atoms with van der Waals surface area (Å²) in [6.45, 7) is 1.89. The quantitative estimate of drug-likeness (QED) is 0.571. The zero-order valence-corrected chi connectivity index (χ0v) is 11.9. The number of aromatic nitrogens is 1. The van der Waals surface area contributed by atoms with E-state index in [0.29, 0.717) is 22.6 Å². The normalized spacial score (nSPS) is 10.8. The lowest BCUT2D eigenvalue weighted by atomic mass is 10.00. The fourth-order valence-electron chi connectivity index (χ4n) is 2.47. The fourth-order valence-corrected chi connectivity index (χ4v) is 2.47. The van der Waals surface area contributed by atoms with Gasteiger partial charge < -0.3 is 15.5 Å². The molecule has 0 fully saturated rings. The van der Waals surface area contributed by atoms with Crippen molar-refractivity contribution in [3.8, 4) is 5.75 Å². The number of H-pyrrole nitrogens is 1. The average Bonchev–Trinajstić information content (AvgIpc) is 2.93. The van der Waals surface area contributed by atoms with Gasteiger partial charge in [-0.25, -0.2) is 0 Å². The summed E-state index contributed by atoms with van der Waals surface area (Å²) in [7, 11) is 1.60. The molecule has 0 atom stereocenters. The molecular formula is C17H16N2O2. The number of benzene rings is 2. The van der Waals surface area contributed by atoms with Gasteiger partial charge in [-0.05, 0) is 42.8 Å². The first kappa shape index (κ1) is 13.2. The van der Waals surface area contributed by atoms with Crippen molar-refractivity contribution in [2.45, 2.75) is 6.92 Å². The fraction of sp³-hybridized carbons (Fsp3) is 0.118. The first-order chi connectivity index (χ1) is 10.1. The molecule has 0 unspecified atom stereocenters. The van der Waals surface area contributed by atoms with Crippen LogP contribution in [0.2, 0.25) is 0 Å². The third-order valence-corrected chi connectivity index (χ3v) is 3.66. The van der Waals surface area contributed by atoms with E-state index in [-0.39, 0.29) is 5.78 Å². The number of methoxy groups -OCH3 is 1. The second-order valence-electron chi connectivity index (χ2n) is 4.99. The summed E-state index contributed by atoms with van der Waals surface area (Å²) in [6.07, 6.45) is 1.72. The van der Waals surface area contributed by atoms with E-state index in [4.69, 9.17) is 10.5 Å². The van der Waals surface area contributed by atoms with Gasteiger partial charge in [0.1, 0.15) is 5.75 Å². The van der Waals surface area contributed by atoms with Crippen LogP contribution in [0.15, 0.2) is 42.6 Å². The van der Waals surface area contributed by atoms with E-state index in [9.17, 15) is 4.79 Å². The van der Waals surface area contributed by atoms with Gasteiger partial charge in [-0.15, -0.1) is 0 Å². The predicted octanol–water partition coefficient (Wildman–Crippen LogP) is 3.30. The van der Waals surface area contributed by atoms with E-state index in [2.05, 4.69) is 4.98 Å². The van der Waals surface area contributed by atoms with Crippen LogP contribution >= 0.6 is 0 Å². The molecule has 106 valence electrons. The molecule has 0 aliphatic carbocycles. The van der Waals surface area contributed by atoms with E-state index >= 15 is 0 Å². The largest absolute Gasteiger partial charge is 0.496 e. The molecule has 3 N–H and O–H groups in total. The lowest BCUT2D eigenvalue weighted by Gasteiger charge is -2.06. The molecule has 0 bridgehead atoms. The van der Waals surface area contributed by atoms with Crippen molar-refractivity contribution < 1.29 is 9.53 Å². The predicted molar refractivity (Wildman–Crippen MR) is 83.9 cm³/mol. The van der Waals surface area contributed by atoms with Crippen LogP contribution in [-0.2, 0) is 0 Å². The molecule has 0 saturated heterocycles. The van der Waals surface area contributed by atoms with Gasteiger partial charge in [-0.3, -0.25) is 4.79 Å². The Morgan fingerprint density at radius 1 is 1.24 bits per heavy atom. The molecule has 21 heavy (non-hydrogen) atoms. The molecule has 0 radical (unpaired) electrons. The van der Waals surface area contributed by atoms with E-state index < -0.39 is 0 Å². The number of anilines is 1. The third-order valence-electron chi connectivity index (χ3n) is 3.66. The zero-order valence-electron chi connectivity index (χ0n) is 11.9. The Kier molecular flexibility index (Phi) is 3.14. The number of ether oxygens (including phenoxy) is 1. The van der Waals surface area contributed by atoms with E-state index in [1.165, 1.54) is 0 Å². The number of nitrogens with one attached hydrogen (secondary N) is 1. The summed E-state index contributed by atoms with van der Waals surface area (Å²) >= 11 is 0. The number of fused-ring (bicyclic) bond motifs is 1. The smallest absolute Gasteiger partial charge is 0.195 e. The third kappa shape index (κ3) is 2.14. The van der Waals surface area contributed by atoms with Gasteiger partial charge in [0, 0.05) is 23.0 Å². The molecule has 3 aromatic rings. The number of carbonyl (C=O) groups excluding carboxylic acids is 1. The molecule has 0 spiro atoms. The second kappa shape index (κ2) is 4.98. The van der Waals surface area contributed by atoms with E-state index in [1.54, 1.807) is 25.4 Å². The molecule has 1 aromatic heterocycles. The number of hydrogen-bond acceptors (Lipinski definition) is 3. The summed E-state index contributed by atoms with van der Waals surface area (Å²) in [5, 5.41) is 0.805. The molecular weight excluding hydrogens is 264 g/mol.